The van der Waals surface area contributed by atoms with E-state index in [1.807, 2.05) is 6.07 Å². The molecule has 1 saturated carbocycles. The molecule has 1 aliphatic rings. The van der Waals surface area contributed by atoms with Crippen molar-refractivity contribution in [2.24, 2.45) is 0 Å². The summed E-state index contributed by atoms with van der Waals surface area (Å²) in [4.78, 5) is 11.7. The number of alkyl halides is 3. The fourth-order valence-electron chi connectivity index (χ4n) is 2.74. The van der Waals surface area contributed by atoms with E-state index in [1.54, 1.807) is 12.5 Å². The minimum Gasteiger partial charge on any atom is -0.462 e. The molecular weight excluding hydrogens is 365 g/mol. The van der Waals surface area contributed by atoms with Crippen molar-refractivity contribution in [3.63, 3.8) is 0 Å². The van der Waals surface area contributed by atoms with Crippen LogP contribution in [0.5, 0.6) is 0 Å². The summed E-state index contributed by atoms with van der Waals surface area (Å²) in [5, 5.41) is 1.09. The number of anilines is 1. The van der Waals surface area contributed by atoms with Gasteiger partial charge in [-0.3, -0.25) is 4.98 Å². The third-order valence-electron chi connectivity index (χ3n) is 4.17. The first-order valence-electron chi connectivity index (χ1n) is 8.11. The van der Waals surface area contributed by atoms with Gasteiger partial charge in [0.05, 0.1) is 12.5 Å². The van der Waals surface area contributed by atoms with Crippen LogP contribution in [0.1, 0.15) is 35.7 Å². The summed E-state index contributed by atoms with van der Waals surface area (Å²) in [6.07, 6.45) is 1.88. The minimum absolute atomic E-state index is 0.0142. The second kappa shape index (κ2) is 6.46. The Bertz CT molecular complexity index is 953. The van der Waals surface area contributed by atoms with Crippen molar-refractivity contribution in [2.45, 2.75) is 36.5 Å². The topological polar surface area (TPSA) is 77.8 Å². The monoisotopic (exact) mass is 380 g/mol. The van der Waals surface area contributed by atoms with Gasteiger partial charge in [0.15, 0.2) is 16.4 Å². The second-order valence-electron chi connectivity index (χ2n) is 6.19. The van der Waals surface area contributed by atoms with Gasteiger partial charge >= 0.3 is 6.18 Å². The molecular formula is C17H15F3N4OS. The van der Waals surface area contributed by atoms with E-state index < -0.39 is 11.9 Å². The SMILES string of the molecule is Nc1cc(C(F)(F)F)nc(SCCc2cc3c(C4CC4)coc3cn2)n1. The molecule has 3 aromatic rings. The van der Waals surface area contributed by atoms with Crippen LogP contribution in [0.4, 0.5) is 19.0 Å². The Kier molecular flexibility index (Phi) is 4.26. The van der Waals surface area contributed by atoms with Gasteiger partial charge in [-0.25, -0.2) is 9.97 Å². The number of aryl methyl sites for hydroxylation is 1. The predicted molar refractivity (Wildman–Crippen MR) is 91.9 cm³/mol. The summed E-state index contributed by atoms with van der Waals surface area (Å²) in [7, 11) is 0. The van der Waals surface area contributed by atoms with Crippen LogP contribution in [0, 0.1) is 0 Å². The Labute approximate surface area is 151 Å². The second-order valence-corrected chi connectivity index (χ2v) is 7.26. The van der Waals surface area contributed by atoms with Crippen LogP contribution in [-0.2, 0) is 12.6 Å². The molecule has 0 aromatic carbocycles. The maximum Gasteiger partial charge on any atom is 0.433 e. The Morgan fingerprint density at radius 3 is 2.77 bits per heavy atom. The first-order valence-corrected chi connectivity index (χ1v) is 9.09. The van der Waals surface area contributed by atoms with Crippen LogP contribution in [0.2, 0.25) is 0 Å². The number of fused-ring (bicyclic) bond motifs is 1. The van der Waals surface area contributed by atoms with Crippen LogP contribution in [-0.4, -0.2) is 20.7 Å². The lowest BCUT2D eigenvalue weighted by atomic mass is 10.1. The van der Waals surface area contributed by atoms with Crippen molar-refractivity contribution in [1.82, 2.24) is 15.0 Å². The van der Waals surface area contributed by atoms with Gasteiger partial charge in [-0.15, -0.1) is 0 Å². The van der Waals surface area contributed by atoms with Crippen molar-refractivity contribution < 1.29 is 17.6 Å². The summed E-state index contributed by atoms with van der Waals surface area (Å²) in [5.74, 6) is 0.875. The molecule has 9 heteroatoms. The lowest BCUT2D eigenvalue weighted by Crippen LogP contribution is -2.11. The molecule has 0 aliphatic heterocycles. The number of nitrogens with zero attached hydrogens (tertiary/aromatic N) is 3. The lowest BCUT2D eigenvalue weighted by molar-refractivity contribution is -0.141. The van der Waals surface area contributed by atoms with Gasteiger partial charge in [-0.2, -0.15) is 13.2 Å². The average Bonchev–Trinajstić information content (AvgIpc) is 3.33. The summed E-state index contributed by atoms with van der Waals surface area (Å²) < 4.78 is 43.9. The summed E-state index contributed by atoms with van der Waals surface area (Å²) in [6.45, 7) is 0. The molecule has 1 fully saturated rings. The Hall–Kier alpha value is -2.29. The Morgan fingerprint density at radius 2 is 2.04 bits per heavy atom. The van der Waals surface area contributed by atoms with Crippen LogP contribution in [0.15, 0.2) is 34.2 Å². The molecule has 0 radical (unpaired) electrons. The number of nitrogen functional groups attached to an aromatic ring is 1. The molecule has 0 spiro atoms. The number of halogens is 3. The number of hydrogen-bond donors (Lipinski definition) is 1. The van der Waals surface area contributed by atoms with Gasteiger partial charge < -0.3 is 10.2 Å². The maximum atomic E-state index is 12.8. The third kappa shape index (κ3) is 3.62. The van der Waals surface area contributed by atoms with E-state index in [0.717, 1.165) is 34.5 Å². The highest BCUT2D eigenvalue weighted by atomic mass is 32.2. The van der Waals surface area contributed by atoms with Crippen molar-refractivity contribution in [2.75, 3.05) is 11.5 Å². The molecule has 5 nitrogen and oxygen atoms in total. The molecule has 4 rings (SSSR count). The van der Waals surface area contributed by atoms with Crippen molar-refractivity contribution in [3.05, 3.63) is 41.5 Å². The summed E-state index contributed by atoms with van der Waals surface area (Å²) in [6, 6.07) is 2.73. The lowest BCUT2D eigenvalue weighted by Gasteiger charge is -2.08. The molecule has 2 N–H and O–H groups in total. The highest BCUT2D eigenvalue weighted by Gasteiger charge is 2.33. The van der Waals surface area contributed by atoms with E-state index in [4.69, 9.17) is 10.2 Å². The van der Waals surface area contributed by atoms with E-state index in [1.165, 1.54) is 18.4 Å². The van der Waals surface area contributed by atoms with Gasteiger partial charge in [-0.1, -0.05) is 11.8 Å². The molecule has 26 heavy (non-hydrogen) atoms. The average molecular weight is 380 g/mol. The Balaban J connectivity index is 1.45. The fraction of sp³-hybridized carbons (Fsp3) is 0.353. The van der Waals surface area contributed by atoms with Crippen LogP contribution < -0.4 is 5.73 Å². The highest BCUT2D eigenvalue weighted by molar-refractivity contribution is 7.99. The van der Waals surface area contributed by atoms with Crippen LogP contribution in [0.25, 0.3) is 11.0 Å². The number of aromatic nitrogens is 3. The predicted octanol–water partition coefficient (Wildman–Crippen LogP) is 4.43. The van der Waals surface area contributed by atoms with Gasteiger partial charge in [0, 0.05) is 28.5 Å². The number of pyridine rings is 1. The van der Waals surface area contributed by atoms with Crippen molar-refractivity contribution >= 4 is 28.5 Å². The zero-order chi connectivity index (χ0) is 18.3. The molecule has 0 unspecified atom stereocenters. The molecule has 3 heterocycles. The zero-order valence-electron chi connectivity index (χ0n) is 13.6. The molecule has 0 saturated heterocycles. The first-order chi connectivity index (χ1) is 12.4. The maximum absolute atomic E-state index is 12.8. The fourth-order valence-corrected chi connectivity index (χ4v) is 3.57. The first kappa shape index (κ1) is 17.1. The van der Waals surface area contributed by atoms with Crippen LogP contribution >= 0.6 is 11.8 Å². The molecule has 3 aromatic heterocycles. The zero-order valence-corrected chi connectivity index (χ0v) is 14.4. The number of hydrogen-bond acceptors (Lipinski definition) is 6. The number of thioether (sulfide) groups is 1. The normalized spacial score (nSPS) is 14.9. The van der Waals surface area contributed by atoms with E-state index in [2.05, 4.69) is 15.0 Å². The Morgan fingerprint density at radius 1 is 1.23 bits per heavy atom. The minimum atomic E-state index is -4.54. The van der Waals surface area contributed by atoms with E-state index >= 15 is 0 Å². The molecule has 0 atom stereocenters. The number of furan rings is 1. The third-order valence-corrected chi connectivity index (χ3v) is 5.02. The van der Waals surface area contributed by atoms with Gasteiger partial charge in [0.2, 0.25) is 0 Å². The van der Waals surface area contributed by atoms with Crippen molar-refractivity contribution in [3.8, 4) is 0 Å². The van der Waals surface area contributed by atoms with Gasteiger partial charge in [-0.05, 0) is 31.2 Å². The molecule has 136 valence electrons. The van der Waals surface area contributed by atoms with E-state index in [9.17, 15) is 13.2 Å². The van der Waals surface area contributed by atoms with Crippen molar-refractivity contribution in [1.29, 1.82) is 0 Å². The summed E-state index contributed by atoms with van der Waals surface area (Å²) in [5.41, 5.74) is 7.25. The number of rotatable bonds is 5. The summed E-state index contributed by atoms with van der Waals surface area (Å²) >= 11 is 1.12. The standard InChI is InChI=1S/C17H15F3N4OS/c18-17(19,20)14-6-15(21)24-16(23-14)26-4-3-10-5-11-12(9-1-2-9)8-25-13(11)7-22-10/h5-9H,1-4H2,(H2,21,23,24). The molecule has 0 bridgehead atoms. The largest absolute Gasteiger partial charge is 0.462 e. The van der Waals surface area contributed by atoms with E-state index in [-0.39, 0.29) is 11.0 Å². The molecule has 0 amide bonds. The molecule has 1 aliphatic carbocycles. The van der Waals surface area contributed by atoms with E-state index in [0.29, 0.717) is 18.1 Å². The quantitative estimate of drug-likeness (QED) is 0.521. The smallest absolute Gasteiger partial charge is 0.433 e. The van der Waals surface area contributed by atoms with Gasteiger partial charge in [0.25, 0.3) is 0 Å². The number of nitrogens with two attached hydrogens (primary N) is 1. The van der Waals surface area contributed by atoms with Crippen LogP contribution in [0.3, 0.4) is 0 Å². The highest BCUT2D eigenvalue weighted by Crippen LogP contribution is 2.43. The van der Waals surface area contributed by atoms with Gasteiger partial charge in [0.1, 0.15) is 5.82 Å².